The molecule has 0 bridgehead atoms. The molecule has 2 heteroatoms. The van der Waals surface area contributed by atoms with Crippen LogP contribution in [0.1, 0.15) is 117 Å². The molecule has 0 amide bonds. The van der Waals surface area contributed by atoms with Crippen LogP contribution >= 0.6 is 20.2 Å². The highest BCUT2D eigenvalue weighted by molar-refractivity contribution is 7.37. The number of unbranched alkanes of at least 4 members (excludes halogenated alkanes) is 12. The van der Waals surface area contributed by atoms with Crippen LogP contribution in [0.3, 0.4) is 0 Å². The van der Waals surface area contributed by atoms with Crippen LogP contribution in [0.2, 0.25) is 0 Å². The third kappa shape index (κ3) is 31.1. The number of hydrogen-bond donors (Lipinski definition) is 0. The van der Waals surface area contributed by atoms with Gasteiger partial charge in [-0.3, -0.25) is 0 Å². The summed E-state index contributed by atoms with van der Waals surface area (Å²) >= 11 is 5.38. The minimum atomic E-state index is 0.827. The van der Waals surface area contributed by atoms with Gasteiger partial charge in [0.05, 0.1) is 0 Å². The summed E-state index contributed by atoms with van der Waals surface area (Å²) in [5, 5.41) is 0. The van der Waals surface area contributed by atoms with E-state index in [0.29, 0.717) is 0 Å². The summed E-state index contributed by atoms with van der Waals surface area (Å²) < 4.78 is 0. The van der Waals surface area contributed by atoms with Crippen molar-refractivity contribution < 1.29 is 0 Å². The number of alkyl halides is 1. The van der Waals surface area contributed by atoms with Crippen molar-refractivity contribution in [2.24, 2.45) is 0 Å². The molecule has 0 aliphatic rings. The van der Waals surface area contributed by atoms with E-state index in [1.165, 1.54) is 109 Å². The summed E-state index contributed by atoms with van der Waals surface area (Å²) in [6, 6.07) is 0. The van der Waals surface area contributed by atoms with Crippen molar-refractivity contribution in [1.82, 2.24) is 0 Å². The second-order valence-electron chi connectivity index (χ2n) is 6.60. The van der Waals surface area contributed by atoms with Crippen LogP contribution in [0.15, 0.2) is 0 Å². The molecule has 0 N–H and O–H groups in total. The zero-order valence-corrected chi connectivity index (χ0v) is 18.2. The Morgan fingerprint density at radius 3 is 1.17 bits per heavy atom. The molecule has 0 spiro atoms. The van der Waals surface area contributed by atoms with Crippen molar-refractivity contribution in [3.63, 3.8) is 0 Å². The molecule has 1 radical (unpaired) electrons. The number of halogens is 1. The van der Waals surface area contributed by atoms with Crippen LogP contribution in [0.5, 0.6) is 0 Å². The van der Waals surface area contributed by atoms with Crippen molar-refractivity contribution in [3.05, 3.63) is 0 Å². The molecule has 0 atom stereocenters. The maximum Gasteiger partial charge on any atom is 0.0223 e. The predicted octanol–water partition coefficient (Wildman–Crippen LogP) is 9.07. The maximum absolute atomic E-state index is 5.38. The highest BCUT2D eigenvalue weighted by Gasteiger charge is 1.93. The fourth-order valence-electron chi connectivity index (χ4n) is 2.46. The molecule has 0 nitrogen and oxygen atoms in total. The second kappa shape index (κ2) is 27.6. The SMILES string of the molecule is CCCCCCCC[P]CCCCCCCC.CCCCCCl. The highest BCUT2D eigenvalue weighted by Crippen LogP contribution is 2.17. The Labute approximate surface area is 155 Å². The van der Waals surface area contributed by atoms with Gasteiger partial charge in [-0.25, -0.2) is 0 Å². The van der Waals surface area contributed by atoms with Gasteiger partial charge in [-0.15, -0.1) is 11.6 Å². The van der Waals surface area contributed by atoms with Gasteiger partial charge in [-0.05, 0) is 31.6 Å². The summed E-state index contributed by atoms with van der Waals surface area (Å²) in [5.74, 6) is 0.827. The quantitative estimate of drug-likeness (QED) is 0.137. The van der Waals surface area contributed by atoms with Crippen LogP contribution in [-0.4, -0.2) is 18.2 Å². The summed E-state index contributed by atoms with van der Waals surface area (Å²) in [6.45, 7) is 6.75. The molecule has 23 heavy (non-hydrogen) atoms. The molecule has 0 aromatic rings. The Hall–Kier alpha value is 0.720. The third-order valence-electron chi connectivity index (χ3n) is 4.08. The van der Waals surface area contributed by atoms with Gasteiger partial charge in [0, 0.05) is 5.88 Å². The van der Waals surface area contributed by atoms with Gasteiger partial charge < -0.3 is 0 Å². The molecule has 0 saturated heterocycles. The molecular formula is C21H45ClP. The summed E-state index contributed by atoms with van der Waals surface area (Å²) in [6.07, 6.45) is 24.0. The largest absolute Gasteiger partial charge is 0.127 e. The Morgan fingerprint density at radius 2 is 0.826 bits per heavy atom. The first-order valence-electron chi connectivity index (χ1n) is 10.5. The Balaban J connectivity index is 0. The number of hydrogen-bond acceptors (Lipinski definition) is 0. The van der Waals surface area contributed by atoms with E-state index >= 15 is 0 Å². The zero-order valence-electron chi connectivity index (χ0n) is 16.6. The molecule has 0 unspecified atom stereocenters. The molecule has 0 aliphatic heterocycles. The molecule has 0 aliphatic carbocycles. The smallest absolute Gasteiger partial charge is 0.0223 e. The van der Waals surface area contributed by atoms with Crippen molar-refractivity contribution >= 4 is 20.2 Å². The number of rotatable bonds is 17. The highest BCUT2D eigenvalue weighted by atomic mass is 35.5. The predicted molar refractivity (Wildman–Crippen MR) is 114 cm³/mol. The Morgan fingerprint density at radius 1 is 0.478 bits per heavy atom. The summed E-state index contributed by atoms with van der Waals surface area (Å²) in [7, 11) is 1.72. The average Bonchev–Trinajstić information content (AvgIpc) is 2.58. The van der Waals surface area contributed by atoms with Crippen LogP contribution < -0.4 is 0 Å². The molecular weight excluding hydrogens is 319 g/mol. The normalized spacial score (nSPS) is 10.4. The van der Waals surface area contributed by atoms with Crippen LogP contribution in [-0.2, 0) is 0 Å². The van der Waals surface area contributed by atoms with E-state index in [0.717, 1.165) is 5.88 Å². The molecule has 0 rings (SSSR count). The molecule has 141 valence electrons. The fourth-order valence-corrected chi connectivity index (χ4v) is 3.77. The van der Waals surface area contributed by atoms with E-state index in [1.807, 2.05) is 0 Å². The van der Waals surface area contributed by atoms with Gasteiger partial charge >= 0.3 is 0 Å². The first-order chi connectivity index (χ1) is 11.3. The van der Waals surface area contributed by atoms with Gasteiger partial charge in [-0.1, -0.05) is 106 Å². The van der Waals surface area contributed by atoms with Gasteiger partial charge in [-0.2, -0.15) is 0 Å². The fraction of sp³-hybridized carbons (Fsp3) is 1.00. The van der Waals surface area contributed by atoms with E-state index < -0.39 is 0 Å². The lowest BCUT2D eigenvalue weighted by Crippen LogP contribution is -1.84. The first kappa shape index (κ1) is 26.0. The van der Waals surface area contributed by atoms with Crippen LogP contribution in [0.25, 0.3) is 0 Å². The summed E-state index contributed by atoms with van der Waals surface area (Å²) in [5.41, 5.74) is 0. The van der Waals surface area contributed by atoms with E-state index in [2.05, 4.69) is 20.8 Å². The van der Waals surface area contributed by atoms with E-state index in [4.69, 9.17) is 11.6 Å². The van der Waals surface area contributed by atoms with Crippen molar-refractivity contribution in [2.45, 2.75) is 117 Å². The average molecular weight is 364 g/mol. The lowest BCUT2D eigenvalue weighted by Gasteiger charge is -2.02. The molecule has 0 aromatic carbocycles. The lowest BCUT2D eigenvalue weighted by molar-refractivity contribution is 0.623. The van der Waals surface area contributed by atoms with Gasteiger partial charge in [0.2, 0.25) is 0 Å². The monoisotopic (exact) mass is 363 g/mol. The Bertz CT molecular complexity index is 155. The molecule has 0 fully saturated rings. The van der Waals surface area contributed by atoms with Crippen LogP contribution in [0.4, 0.5) is 0 Å². The lowest BCUT2D eigenvalue weighted by atomic mass is 10.1. The van der Waals surface area contributed by atoms with Gasteiger partial charge in [0.1, 0.15) is 0 Å². The van der Waals surface area contributed by atoms with E-state index in [9.17, 15) is 0 Å². The van der Waals surface area contributed by atoms with Crippen molar-refractivity contribution in [2.75, 3.05) is 18.2 Å². The molecule has 0 heterocycles. The van der Waals surface area contributed by atoms with E-state index in [1.54, 1.807) is 8.58 Å². The second-order valence-corrected chi connectivity index (χ2v) is 8.32. The van der Waals surface area contributed by atoms with Crippen molar-refractivity contribution in [1.29, 1.82) is 0 Å². The standard InChI is InChI=1S/C16H34P.C5H11Cl/c1-3-5-7-9-11-13-15-17-16-14-12-10-8-6-4-2;1-2-3-4-5-6/h3-16H2,1-2H3;2-5H2,1H3. The van der Waals surface area contributed by atoms with Gasteiger partial charge in [0.15, 0.2) is 0 Å². The zero-order chi connectivity index (χ0) is 17.4. The van der Waals surface area contributed by atoms with Crippen LogP contribution in [0, 0.1) is 0 Å². The molecule has 0 aromatic heterocycles. The Kier molecular flexibility index (Phi) is 31.1. The maximum atomic E-state index is 5.38. The molecule has 0 saturated carbocycles. The minimum Gasteiger partial charge on any atom is -0.127 e. The first-order valence-corrected chi connectivity index (χ1v) is 12.3. The van der Waals surface area contributed by atoms with E-state index in [-0.39, 0.29) is 0 Å². The summed E-state index contributed by atoms with van der Waals surface area (Å²) in [4.78, 5) is 0. The third-order valence-corrected chi connectivity index (χ3v) is 5.61. The topological polar surface area (TPSA) is 0 Å². The van der Waals surface area contributed by atoms with Gasteiger partial charge in [0.25, 0.3) is 0 Å². The van der Waals surface area contributed by atoms with Crippen molar-refractivity contribution in [3.8, 4) is 0 Å². The minimum absolute atomic E-state index is 0.827.